The van der Waals surface area contributed by atoms with E-state index >= 15 is 0 Å². The van der Waals surface area contributed by atoms with E-state index in [0.29, 0.717) is 17.3 Å². The average molecular weight is 344 g/mol. The first-order valence-electron chi connectivity index (χ1n) is 7.01. The minimum atomic E-state index is -0.549. The van der Waals surface area contributed by atoms with Crippen LogP contribution in [0, 0.1) is 0 Å². The zero-order chi connectivity index (χ0) is 15.0. The van der Waals surface area contributed by atoms with Crippen LogP contribution in [0.25, 0.3) is 10.9 Å². The molecule has 1 aromatic carbocycles. The van der Waals surface area contributed by atoms with Gasteiger partial charge in [0.25, 0.3) is 5.91 Å². The van der Waals surface area contributed by atoms with Crippen molar-refractivity contribution in [1.82, 2.24) is 15.2 Å². The van der Waals surface area contributed by atoms with Gasteiger partial charge in [-0.25, -0.2) is 0 Å². The lowest BCUT2D eigenvalue weighted by Crippen LogP contribution is -2.52. The van der Waals surface area contributed by atoms with Crippen molar-refractivity contribution in [3.8, 4) is 0 Å². The molecule has 1 saturated heterocycles. The second-order valence-corrected chi connectivity index (χ2v) is 5.87. The molecule has 1 aliphatic heterocycles. The summed E-state index contributed by atoms with van der Waals surface area (Å²) >= 11 is 6.00. The number of hydrogen-bond acceptors (Lipinski definition) is 3. The van der Waals surface area contributed by atoms with Crippen LogP contribution >= 0.6 is 24.0 Å². The number of aromatic nitrogens is 1. The summed E-state index contributed by atoms with van der Waals surface area (Å²) in [6.07, 6.45) is 0.176. The Morgan fingerprint density at radius 1 is 1.45 bits per heavy atom. The van der Waals surface area contributed by atoms with Crippen molar-refractivity contribution < 1.29 is 9.90 Å². The number of amides is 1. The third-order valence-electron chi connectivity index (χ3n) is 4.01. The molecule has 0 saturated carbocycles. The minimum Gasteiger partial charge on any atom is -0.390 e. The second kappa shape index (κ2) is 6.87. The maximum Gasteiger partial charge on any atom is 0.268 e. The van der Waals surface area contributed by atoms with Gasteiger partial charge in [0, 0.05) is 29.5 Å². The zero-order valence-electron chi connectivity index (χ0n) is 12.2. The average Bonchev–Trinajstić information content (AvgIpc) is 2.79. The van der Waals surface area contributed by atoms with Gasteiger partial charge in [0.1, 0.15) is 5.69 Å². The summed E-state index contributed by atoms with van der Waals surface area (Å²) in [4.78, 5) is 12.4. The van der Waals surface area contributed by atoms with Gasteiger partial charge in [0.15, 0.2) is 0 Å². The second-order valence-electron chi connectivity index (χ2n) is 5.43. The Bertz CT molecular complexity index is 687. The van der Waals surface area contributed by atoms with Crippen molar-refractivity contribution in [2.24, 2.45) is 7.05 Å². The van der Waals surface area contributed by atoms with Gasteiger partial charge in [0.05, 0.1) is 12.1 Å². The van der Waals surface area contributed by atoms with E-state index < -0.39 is 6.10 Å². The molecule has 3 N–H and O–H groups in total. The summed E-state index contributed by atoms with van der Waals surface area (Å²) in [5.41, 5.74) is 1.48. The molecule has 0 spiro atoms. The van der Waals surface area contributed by atoms with Crippen LogP contribution in [0.3, 0.4) is 0 Å². The summed E-state index contributed by atoms with van der Waals surface area (Å²) in [6, 6.07) is 7.18. The number of carbonyl (C=O) groups excluding carboxylic acids is 1. The van der Waals surface area contributed by atoms with Crippen LogP contribution in [0.2, 0.25) is 5.02 Å². The molecule has 1 amide bonds. The zero-order valence-corrected chi connectivity index (χ0v) is 13.7. The van der Waals surface area contributed by atoms with Crippen molar-refractivity contribution in [2.75, 3.05) is 13.1 Å². The third kappa shape index (κ3) is 3.22. The van der Waals surface area contributed by atoms with E-state index in [-0.39, 0.29) is 24.4 Å². The van der Waals surface area contributed by atoms with Crippen LogP contribution in [-0.2, 0) is 7.05 Å². The van der Waals surface area contributed by atoms with E-state index in [2.05, 4.69) is 10.6 Å². The lowest BCUT2D eigenvalue weighted by Gasteiger charge is -2.29. The molecule has 1 aromatic heterocycles. The number of aliphatic hydroxyl groups excluding tert-OH is 1. The van der Waals surface area contributed by atoms with Gasteiger partial charge in [-0.2, -0.15) is 0 Å². The number of benzene rings is 1. The first-order chi connectivity index (χ1) is 10.1. The predicted molar refractivity (Wildman–Crippen MR) is 89.9 cm³/mol. The molecule has 120 valence electrons. The molecule has 0 unspecified atom stereocenters. The summed E-state index contributed by atoms with van der Waals surface area (Å²) in [5.74, 6) is -0.171. The lowest BCUT2D eigenvalue weighted by atomic mass is 10.0. The van der Waals surface area contributed by atoms with Crippen molar-refractivity contribution in [3.05, 3.63) is 35.0 Å². The fourth-order valence-electron chi connectivity index (χ4n) is 2.77. The Kier molecular flexibility index (Phi) is 5.34. The molecule has 3 rings (SSSR count). The molecule has 2 atom stereocenters. The third-order valence-corrected chi connectivity index (χ3v) is 4.24. The van der Waals surface area contributed by atoms with Gasteiger partial charge in [-0.05, 0) is 31.2 Å². The Balaban J connectivity index is 0.00000176. The van der Waals surface area contributed by atoms with Crippen molar-refractivity contribution in [3.63, 3.8) is 0 Å². The number of aryl methyl sites for hydroxylation is 1. The van der Waals surface area contributed by atoms with E-state index in [1.165, 1.54) is 0 Å². The number of aliphatic hydroxyl groups is 1. The smallest absolute Gasteiger partial charge is 0.268 e. The molecule has 7 heteroatoms. The van der Waals surface area contributed by atoms with Crippen molar-refractivity contribution in [2.45, 2.75) is 18.6 Å². The summed E-state index contributed by atoms with van der Waals surface area (Å²) in [5, 5.41) is 17.5. The van der Waals surface area contributed by atoms with Crippen LogP contribution in [0.1, 0.15) is 16.9 Å². The molecule has 1 aliphatic rings. The maximum atomic E-state index is 12.4. The lowest BCUT2D eigenvalue weighted by molar-refractivity contribution is 0.0759. The van der Waals surface area contributed by atoms with E-state index in [0.717, 1.165) is 23.9 Å². The fourth-order valence-corrected chi connectivity index (χ4v) is 2.94. The molecule has 5 nitrogen and oxygen atoms in total. The van der Waals surface area contributed by atoms with Crippen LogP contribution in [0.15, 0.2) is 24.3 Å². The summed E-state index contributed by atoms with van der Waals surface area (Å²) < 4.78 is 1.82. The molecule has 0 bridgehead atoms. The quantitative estimate of drug-likeness (QED) is 0.777. The number of fused-ring (bicyclic) bond motifs is 1. The molecular weight excluding hydrogens is 325 g/mol. The van der Waals surface area contributed by atoms with Crippen molar-refractivity contribution in [1.29, 1.82) is 0 Å². The molecule has 1 fully saturated rings. The number of nitrogens with one attached hydrogen (secondary N) is 2. The Hall–Kier alpha value is -1.27. The van der Waals surface area contributed by atoms with E-state index in [1.54, 1.807) is 0 Å². The predicted octanol–water partition coefficient (Wildman–Crippen LogP) is 1.71. The van der Waals surface area contributed by atoms with Crippen LogP contribution < -0.4 is 10.6 Å². The fraction of sp³-hybridized carbons (Fsp3) is 0.400. The molecule has 2 heterocycles. The highest BCUT2D eigenvalue weighted by atomic mass is 35.5. The van der Waals surface area contributed by atoms with E-state index in [1.807, 2.05) is 35.9 Å². The monoisotopic (exact) mass is 343 g/mol. The Morgan fingerprint density at radius 3 is 2.95 bits per heavy atom. The Morgan fingerprint density at radius 2 is 2.23 bits per heavy atom. The SMILES string of the molecule is Cl.Cn1c(C(=O)N[C@@H]2CCNC[C@H]2O)cc2ccc(Cl)cc21. The highest BCUT2D eigenvalue weighted by molar-refractivity contribution is 6.31. The number of carbonyl (C=O) groups is 1. The number of β-amino-alcohol motifs (C(OH)–C–C–N with tert-alkyl or cyclic N) is 1. The number of halogens is 2. The van der Waals surface area contributed by atoms with Gasteiger partial charge >= 0.3 is 0 Å². The van der Waals surface area contributed by atoms with E-state index in [9.17, 15) is 9.90 Å². The van der Waals surface area contributed by atoms with Crippen LogP contribution in [-0.4, -0.2) is 40.8 Å². The van der Waals surface area contributed by atoms with E-state index in [4.69, 9.17) is 11.6 Å². The van der Waals surface area contributed by atoms with Crippen molar-refractivity contribution >= 4 is 40.8 Å². The standard InChI is InChI=1S/C15H18ClN3O2.ClH/c1-19-12-7-10(16)3-2-9(12)6-13(19)15(21)18-11-4-5-17-8-14(11)20;/h2-3,6-7,11,14,17,20H,4-5,8H2,1H3,(H,18,21);1H/t11-,14-;/m1./s1. The molecule has 22 heavy (non-hydrogen) atoms. The summed E-state index contributed by atoms with van der Waals surface area (Å²) in [6.45, 7) is 1.31. The van der Waals surface area contributed by atoms with Gasteiger partial charge < -0.3 is 20.3 Å². The highest BCUT2D eigenvalue weighted by Crippen LogP contribution is 2.22. The molecular formula is C15H19Cl2N3O2. The van der Waals surface area contributed by atoms with Gasteiger partial charge in [-0.1, -0.05) is 17.7 Å². The molecule has 2 aromatic rings. The van der Waals surface area contributed by atoms with Gasteiger partial charge in [-0.15, -0.1) is 12.4 Å². The number of rotatable bonds is 2. The topological polar surface area (TPSA) is 66.3 Å². The number of piperidine rings is 1. The van der Waals surface area contributed by atoms with Crippen LogP contribution in [0.5, 0.6) is 0 Å². The largest absolute Gasteiger partial charge is 0.390 e. The van der Waals surface area contributed by atoms with Crippen LogP contribution in [0.4, 0.5) is 0 Å². The van der Waals surface area contributed by atoms with Gasteiger partial charge in [0.2, 0.25) is 0 Å². The first-order valence-corrected chi connectivity index (χ1v) is 7.38. The molecule has 0 aliphatic carbocycles. The summed E-state index contributed by atoms with van der Waals surface area (Å²) in [7, 11) is 1.84. The molecule has 0 radical (unpaired) electrons. The Labute approximate surface area is 140 Å². The van der Waals surface area contributed by atoms with Gasteiger partial charge in [-0.3, -0.25) is 4.79 Å². The normalized spacial score (nSPS) is 21.4. The number of hydrogen-bond donors (Lipinski definition) is 3. The first kappa shape index (κ1) is 17.1. The number of nitrogens with zero attached hydrogens (tertiary/aromatic N) is 1. The highest BCUT2D eigenvalue weighted by Gasteiger charge is 2.25. The maximum absolute atomic E-state index is 12.4. The minimum absolute atomic E-state index is 0.